The van der Waals surface area contributed by atoms with Gasteiger partial charge in [0.15, 0.2) is 0 Å². The number of ether oxygens (including phenoxy) is 1. The lowest BCUT2D eigenvalue weighted by Crippen LogP contribution is -2.46. The summed E-state index contributed by atoms with van der Waals surface area (Å²) in [6.07, 6.45) is -0.845. The largest absolute Gasteiger partial charge is 0.480 e. The number of nitrogens with zero attached hydrogens (tertiary/aromatic N) is 1. The quantitative estimate of drug-likeness (QED) is 0.774. The second kappa shape index (κ2) is 6.94. The summed E-state index contributed by atoms with van der Waals surface area (Å²) in [5.74, 6) is -1.21. The summed E-state index contributed by atoms with van der Waals surface area (Å²) in [6, 6.07) is 1.46. The van der Waals surface area contributed by atoms with Crippen molar-refractivity contribution in [1.29, 1.82) is 0 Å². The highest BCUT2D eigenvalue weighted by Gasteiger charge is 2.32. The van der Waals surface area contributed by atoms with Gasteiger partial charge in [-0.25, -0.2) is 9.59 Å². The molecule has 0 aliphatic rings. The minimum absolute atomic E-state index is 0.0911. The van der Waals surface area contributed by atoms with E-state index in [4.69, 9.17) is 39.5 Å². The van der Waals surface area contributed by atoms with Crippen molar-refractivity contribution in [1.82, 2.24) is 0 Å². The Morgan fingerprint density at radius 3 is 2.09 bits per heavy atom. The maximum Gasteiger partial charge on any atom is 0.415 e. The third-order valence-electron chi connectivity index (χ3n) is 2.58. The molecular formula is C14H16Cl3NO4. The van der Waals surface area contributed by atoms with Crippen LogP contribution in [0.4, 0.5) is 10.5 Å². The summed E-state index contributed by atoms with van der Waals surface area (Å²) < 4.78 is 5.24. The number of carbonyl (C=O) groups is 2. The Morgan fingerprint density at radius 1 is 1.14 bits per heavy atom. The van der Waals surface area contributed by atoms with Gasteiger partial charge in [0.2, 0.25) is 0 Å². The SMILES string of the molecule is C[C@H](C(=O)O)N(C(=O)OC(C)(C)C)c1cc(Cl)c(Cl)cc1Cl. The molecule has 0 fully saturated rings. The van der Waals surface area contributed by atoms with Crippen LogP contribution in [0.3, 0.4) is 0 Å². The van der Waals surface area contributed by atoms with Gasteiger partial charge in [0.25, 0.3) is 0 Å². The van der Waals surface area contributed by atoms with Gasteiger partial charge in [-0.15, -0.1) is 0 Å². The van der Waals surface area contributed by atoms with Crippen molar-refractivity contribution in [2.75, 3.05) is 4.90 Å². The molecule has 122 valence electrons. The zero-order chi connectivity index (χ0) is 17.2. The first-order valence-electron chi connectivity index (χ1n) is 6.33. The number of rotatable bonds is 3. The molecule has 0 aromatic heterocycles. The molecule has 0 bridgehead atoms. The van der Waals surface area contributed by atoms with E-state index in [1.54, 1.807) is 20.8 Å². The number of carboxylic acids is 1. The van der Waals surface area contributed by atoms with Gasteiger partial charge in [0, 0.05) is 0 Å². The highest BCUT2D eigenvalue weighted by Crippen LogP contribution is 2.36. The zero-order valence-electron chi connectivity index (χ0n) is 12.5. The number of aliphatic carboxylic acids is 1. The van der Waals surface area contributed by atoms with Crippen LogP contribution in [0, 0.1) is 0 Å². The van der Waals surface area contributed by atoms with E-state index in [-0.39, 0.29) is 20.8 Å². The summed E-state index contributed by atoms with van der Waals surface area (Å²) in [7, 11) is 0. The lowest BCUT2D eigenvalue weighted by atomic mass is 10.2. The van der Waals surface area contributed by atoms with Crippen LogP contribution >= 0.6 is 34.8 Å². The normalized spacial score (nSPS) is 12.7. The predicted molar refractivity (Wildman–Crippen MR) is 87.3 cm³/mol. The number of carboxylic acid groups (broad SMARTS) is 1. The molecule has 0 heterocycles. The first kappa shape index (κ1) is 18.9. The summed E-state index contributed by atoms with van der Waals surface area (Å²) in [6.45, 7) is 6.35. The van der Waals surface area contributed by atoms with E-state index in [0.29, 0.717) is 0 Å². The van der Waals surface area contributed by atoms with Crippen LogP contribution in [0.5, 0.6) is 0 Å². The monoisotopic (exact) mass is 367 g/mol. The second-order valence-electron chi connectivity index (χ2n) is 5.58. The van der Waals surface area contributed by atoms with Crippen molar-refractivity contribution >= 4 is 52.6 Å². The molecule has 0 unspecified atom stereocenters. The van der Waals surface area contributed by atoms with Gasteiger partial charge in [0.1, 0.15) is 11.6 Å². The fourth-order valence-electron chi connectivity index (χ4n) is 1.58. The number of anilines is 1. The Bertz CT molecular complexity index is 598. The maximum atomic E-state index is 12.4. The van der Waals surface area contributed by atoms with E-state index in [2.05, 4.69) is 0 Å². The van der Waals surface area contributed by atoms with E-state index in [1.807, 2.05) is 0 Å². The van der Waals surface area contributed by atoms with Gasteiger partial charge in [-0.05, 0) is 39.8 Å². The Labute approximate surface area is 143 Å². The Kier molecular flexibility index (Phi) is 5.96. The molecule has 0 aliphatic heterocycles. The fourth-order valence-corrected chi connectivity index (χ4v) is 2.22. The number of hydrogen-bond donors (Lipinski definition) is 1. The smallest absolute Gasteiger partial charge is 0.415 e. The number of halogens is 3. The Morgan fingerprint density at radius 2 is 1.64 bits per heavy atom. The minimum atomic E-state index is -1.21. The van der Waals surface area contributed by atoms with Gasteiger partial charge in [-0.2, -0.15) is 0 Å². The fraction of sp³-hybridized carbons (Fsp3) is 0.429. The molecule has 1 N–H and O–H groups in total. The summed E-state index contributed by atoms with van der Waals surface area (Å²) in [4.78, 5) is 24.6. The van der Waals surface area contributed by atoms with Crippen LogP contribution in [0.15, 0.2) is 12.1 Å². The molecule has 8 heteroatoms. The van der Waals surface area contributed by atoms with Crippen molar-refractivity contribution in [2.45, 2.75) is 39.3 Å². The van der Waals surface area contributed by atoms with Crippen molar-refractivity contribution < 1.29 is 19.4 Å². The van der Waals surface area contributed by atoms with E-state index < -0.39 is 23.7 Å². The summed E-state index contributed by atoms with van der Waals surface area (Å²) in [5.41, 5.74) is -0.684. The summed E-state index contributed by atoms with van der Waals surface area (Å²) in [5, 5.41) is 9.66. The Hall–Kier alpha value is -1.17. The van der Waals surface area contributed by atoms with E-state index >= 15 is 0 Å². The van der Waals surface area contributed by atoms with Crippen LogP contribution in [0.25, 0.3) is 0 Å². The Balaban J connectivity index is 3.36. The van der Waals surface area contributed by atoms with E-state index in [1.165, 1.54) is 19.1 Å². The molecule has 1 atom stereocenters. The molecular weight excluding hydrogens is 353 g/mol. The number of benzene rings is 1. The van der Waals surface area contributed by atoms with Crippen LogP contribution in [0.1, 0.15) is 27.7 Å². The molecule has 1 aromatic rings. The van der Waals surface area contributed by atoms with Crippen LogP contribution in [-0.2, 0) is 9.53 Å². The molecule has 1 aromatic carbocycles. The third-order valence-corrected chi connectivity index (χ3v) is 3.61. The van der Waals surface area contributed by atoms with E-state index in [0.717, 1.165) is 4.90 Å². The van der Waals surface area contributed by atoms with Crippen molar-refractivity contribution in [3.63, 3.8) is 0 Å². The lowest BCUT2D eigenvalue weighted by molar-refractivity contribution is -0.138. The molecule has 0 spiro atoms. The predicted octanol–water partition coefficient (Wildman–Crippen LogP) is 4.86. The first-order chi connectivity index (χ1) is 9.94. The van der Waals surface area contributed by atoms with Crippen LogP contribution < -0.4 is 4.90 Å². The molecule has 1 rings (SSSR count). The van der Waals surface area contributed by atoms with Crippen LogP contribution in [0.2, 0.25) is 15.1 Å². The zero-order valence-corrected chi connectivity index (χ0v) is 14.8. The first-order valence-corrected chi connectivity index (χ1v) is 7.47. The topological polar surface area (TPSA) is 66.8 Å². The average Bonchev–Trinajstić information content (AvgIpc) is 2.33. The highest BCUT2D eigenvalue weighted by atomic mass is 35.5. The van der Waals surface area contributed by atoms with Crippen molar-refractivity contribution in [2.24, 2.45) is 0 Å². The molecule has 0 aliphatic carbocycles. The van der Waals surface area contributed by atoms with Crippen molar-refractivity contribution in [3.05, 3.63) is 27.2 Å². The minimum Gasteiger partial charge on any atom is -0.480 e. The molecule has 5 nitrogen and oxygen atoms in total. The summed E-state index contributed by atoms with van der Waals surface area (Å²) >= 11 is 17.9. The highest BCUT2D eigenvalue weighted by molar-refractivity contribution is 6.44. The number of carbonyl (C=O) groups excluding carboxylic acids is 1. The standard InChI is InChI=1S/C14H16Cl3NO4/c1-7(12(19)20)18(13(21)22-14(2,3)4)11-6-9(16)8(15)5-10(11)17/h5-7H,1-4H3,(H,19,20)/t7-/m1/s1. The second-order valence-corrected chi connectivity index (χ2v) is 6.80. The maximum absolute atomic E-state index is 12.4. The van der Waals surface area contributed by atoms with E-state index in [9.17, 15) is 14.7 Å². The number of hydrogen-bond acceptors (Lipinski definition) is 3. The average molecular weight is 369 g/mol. The molecule has 22 heavy (non-hydrogen) atoms. The molecule has 0 radical (unpaired) electrons. The van der Waals surface area contributed by atoms with Gasteiger partial charge in [-0.1, -0.05) is 34.8 Å². The number of amides is 1. The molecule has 0 saturated heterocycles. The van der Waals surface area contributed by atoms with Crippen LogP contribution in [-0.4, -0.2) is 28.8 Å². The van der Waals surface area contributed by atoms with Gasteiger partial charge < -0.3 is 9.84 Å². The van der Waals surface area contributed by atoms with Gasteiger partial charge >= 0.3 is 12.1 Å². The lowest BCUT2D eigenvalue weighted by Gasteiger charge is -2.30. The van der Waals surface area contributed by atoms with Gasteiger partial charge in [0.05, 0.1) is 20.8 Å². The third kappa shape index (κ3) is 4.66. The van der Waals surface area contributed by atoms with Crippen molar-refractivity contribution in [3.8, 4) is 0 Å². The molecule has 0 saturated carbocycles. The molecule has 1 amide bonds. The van der Waals surface area contributed by atoms with Gasteiger partial charge in [-0.3, -0.25) is 4.90 Å².